The second-order valence-electron chi connectivity index (χ2n) is 6.39. The lowest BCUT2D eigenvalue weighted by molar-refractivity contribution is -0.260. The Morgan fingerprint density at radius 2 is 1.95 bits per heavy atom. The number of rotatable bonds is 2. The molecule has 5 nitrogen and oxygen atoms in total. The highest BCUT2D eigenvalue weighted by Crippen LogP contribution is 2.66. The molecule has 0 radical (unpaired) electrons. The van der Waals surface area contributed by atoms with Gasteiger partial charge in [0.1, 0.15) is 11.7 Å². The highest BCUT2D eigenvalue weighted by atomic mass is 16.7. The van der Waals surface area contributed by atoms with Gasteiger partial charge in [0.25, 0.3) is 0 Å². The van der Waals surface area contributed by atoms with Crippen molar-refractivity contribution in [2.75, 3.05) is 7.11 Å². The molecule has 6 atom stereocenters. The third-order valence-electron chi connectivity index (χ3n) is 5.11. The summed E-state index contributed by atoms with van der Waals surface area (Å²) in [6.07, 6.45) is 2.14. The molecule has 0 saturated heterocycles. The van der Waals surface area contributed by atoms with Gasteiger partial charge in [-0.1, -0.05) is 0 Å². The van der Waals surface area contributed by atoms with E-state index < -0.39 is 11.8 Å². The van der Waals surface area contributed by atoms with E-state index in [1.807, 2.05) is 6.92 Å². The second-order valence-corrected chi connectivity index (χ2v) is 6.39. The highest BCUT2D eigenvalue weighted by Gasteiger charge is 2.67. The fourth-order valence-corrected chi connectivity index (χ4v) is 4.53. The lowest BCUT2D eigenvalue weighted by Crippen LogP contribution is -2.68. The van der Waals surface area contributed by atoms with Crippen molar-refractivity contribution in [3.8, 4) is 0 Å². The smallest absolute Gasteiger partial charge is 0.462 e. The van der Waals surface area contributed by atoms with E-state index in [1.165, 1.54) is 14.0 Å². The van der Waals surface area contributed by atoms with E-state index in [2.05, 4.69) is 4.74 Å². The summed E-state index contributed by atoms with van der Waals surface area (Å²) in [5.74, 6) is 1.94. The van der Waals surface area contributed by atoms with Gasteiger partial charge in [0.2, 0.25) is 0 Å². The van der Waals surface area contributed by atoms with Crippen LogP contribution in [0.25, 0.3) is 0 Å². The Labute approximate surface area is 112 Å². The van der Waals surface area contributed by atoms with Gasteiger partial charge in [-0.2, -0.15) is 0 Å². The second kappa shape index (κ2) is 4.12. The number of esters is 1. The average Bonchev–Trinajstić information content (AvgIpc) is 2.29. The normalized spacial score (nSPS) is 46.2. The van der Waals surface area contributed by atoms with Gasteiger partial charge in [0, 0.05) is 18.8 Å². The number of carbonyl (C=O) groups is 2. The first-order chi connectivity index (χ1) is 8.93. The maximum absolute atomic E-state index is 11.3. The van der Waals surface area contributed by atoms with Crippen LogP contribution in [0.5, 0.6) is 0 Å². The van der Waals surface area contributed by atoms with Crippen molar-refractivity contribution < 1.29 is 23.8 Å². The van der Waals surface area contributed by atoms with Gasteiger partial charge in [-0.25, -0.2) is 4.79 Å². The summed E-state index contributed by atoms with van der Waals surface area (Å²) < 4.78 is 15.4. The van der Waals surface area contributed by atoms with E-state index in [0.29, 0.717) is 23.7 Å². The lowest BCUT2D eigenvalue weighted by atomic mass is 9.40. The van der Waals surface area contributed by atoms with E-state index in [-0.39, 0.29) is 12.1 Å². The molecule has 0 bridgehead atoms. The van der Waals surface area contributed by atoms with E-state index in [9.17, 15) is 9.59 Å². The van der Waals surface area contributed by atoms with Crippen molar-refractivity contribution in [1.29, 1.82) is 0 Å². The van der Waals surface area contributed by atoms with Gasteiger partial charge in [-0.15, -0.1) is 0 Å². The quantitative estimate of drug-likeness (QED) is 0.718. The van der Waals surface area contributed by atoms with Crippen LogP contribution in [-0.2, 0) is 19.0 Å². The van der Waals surface area contributed by atoms with E-state index in [0.717, 1.165) is 19.3 Å². The number of carbonyl (C=O) groups excluding carboxylic acids is 2. The minimum Gasteiger partial charge on any atom is -0.462 e. The molecule has 5 heteroatoms. The van der Waals surface area contributed by atoms with Crippen LogP contribution in [0.4, 0.5) is 4.79 Å². The summed E-state index contributed by atoms with van der Waals surface area (Å²) in [5, 5.41) is 0. The fourth-order valence-electron chi connectivity index (χ4n) is 4.53. The van der Waals surface area contributed by atoms with Gasteiger partial charge >= 0.3 is 12.1 Å². The Kier molecular flexibility index (Phi) is 2.76. The predicted molar refractivity (Wildman–Crippen MR) is 65.3 cm³/mol. The van der Waals surface area contributed by atoms with Gasteiger partial charge in [-0.3, -0.25) is 4.79 Å². The first-order valence-corrected chi connectivity index (χ1v) is 6.88. The molecule has 3 rings (SSSR count). The monoisotopic (exact) mass is 268 g/mol. The SMILES string of the molecule is COC(=O)OC1(C)CC2CC3C(OC(C)=O)C(C1)C23. The molecule has 0 N–H and O–H groups in total. The standard InChI is InChI=1S/C14H20O5/c1-7(15)18-12-9-4-8-5-14(2,19-13(16)17-3)6-10(12)11(8)9/h8-12H,4-6H2,1-3H3. The highest BCUT2D eigenvalue weighted by molar-refractivity contribution is 5.66. The molecular formula is C14H20O5. The zero-order valence-electron chi connectivity index (χ0n) is 11.5. The molecule has 3 aliphatic rings. The summed E-state index contributed by atoms with van der Waals surface area (Å²) in [6, 6.07) is 0. The number of hydrogen-bond donors (Lipinski definition) is 0. The van der Waals surface area contributed by atoms with Gasteiger partial charge < -0.3 is 14.2 Å². The number of hydrogen-bond acceptors (Lipinski definition) is 5. The number of methoxy groups -OCH3 is 1. The molecule has 6 unspecified atom stereocenters. The zero-order chi connectivity index (χ0) is 13.8. The zero-order valence-corrected chi connectivity index (χ0v) is 11.5. The van der Waals surface area contributed by atoms with Crippen molar-refractivity contribution >= 4 is 12.1 Å². The third-order valence-corrected chi connectivity index (χ3v) is 5.11. The molecule has 19 heavy (non-hydrogen) atoms. The minimum absolute atomic E-state index is 0.0274. The van der Waals surface area contributed by atoms with Crippen LogP contribution >= 0.6 is 0 Å². The first kappa shape index (κ1) is 12.8. The van der Waals surface area contributed by atoms with Crippen molar-refractivity contribution in [2.45, 2.75) is 44.8 Å². The van der Waals surface area contributed by atoms with E-state index >= 15 is 0 Å². The Morgan fingerprint density at radius 1 is 1.21 bits per heavy atom. The topological polar surface area (TPSA) is 61.8 Å². The van der Waals surface area contributed by atoms with E-state index in [1.54, 1.807) is 0 Å². The first-order valence-electron chi connectivity index (χ1n) is 6.88. The van der Waals surface area contributed by atoms with Crippen molar-refractivity contribution in [2.24, 2.45) is 23.7 Å². The molecule has 0 spiro atoms. The Hall–Kier alpha value is -1.26. The molecule has 0 aliphatic heterocycles. The molecule has 106 valence electrons. The van der Waals surface area contributed by atoms with Crippen LogP contribution in [0, 0.1) is 23.7 Å². The van der Waals surface area contributed by atoms with Crippen LogP contribution in [-0.4, -0.2) is 30.9 Å². The molecule has 0 amide bonds. The van der Waals surface area contributed by atoms with Gasteiger partial charge in [-0.05, 0) is 38.0 Å². The molecule has 3 saturated carbocycles. The van der Waals surface area contributed by atoms with Gasteiger partial charge in [0.15, 0.2) is 0 Å². The molecule has 0 heterocycles. The molecule has 0 aromatic rings. The van der Waals surface area contributed by atoms with Crippen LogP contribution < -0.4 is 0 Å². The van der Waals surface area contributed by atoms with Crippen molar-refractivity contribution in [3.63, 3.8) is 0 Å². The van der Waals surface area contributed by atoms with Gasteiger partial charge in [0.05, 0.1) is 7.11 Å². The maximum Gasteiger partial charge on any atom is 0.508 e. The van der Waals surface area contributed by atoms with E-state index in [4.69, 9.17) is 9.47 Å². The maximum atomic E-state index is 11.3. The average molecular weight is 268 g/mol. The van der Waals surface area contributed by atoms with Crippen molar-refractivity contribution in [1.82, 2.24) is 0 Å². The summed E-state index contributed by atoms with van der Waals surface area (Å²) in [7, 11) is 1.32. The predicted octanol–water partition coefficient (Wildman–Crippen LogP) is 2.14. The van der Waals surface area contributed by atoms with Crippen LogP contribution in [0.2, 0.25) is 0 Å². The van der Waals surface area contributed by atoms with Crippen LogP contribution in [0.15, 0.2) is 0 Å². The third kappa shape index (κ3) is 1.90. The largest absolute Gasteiger partial charge is 0.508 e. The minimum atomic E-state index is -0.625. The van der Waals surface area contributed by atoms with Crippen LogP contribution in [0.3, 0.4) is 0 Å². The van der Waals surface area contributed by atoms with Crippen LogP contribution in [0.1, 0.15) is 33.1 Å². The summed E-state index contributed by atoms with van der Waals surface area (Å²) >= 11 is 0. The summed E-state index contributed by atoms with van der Waals surface area (Å²) in [4.78, 5) is 22.5. The fraction of sp³-hybridized carbons (Fsp3) is 0.857. The molecular weight excluding hydrogens is 248 g/mol. The summed E-state index contributed by atoms with van der Waals surface area (Å²) in [5.41, 5.74) is -0.483. The summed E-state index contributed by atoms with van der Waals surface area (Å²) in [6.45, 7) is 3.41. The molecule has 3 fully saturated rings. The Balaban J connectivity index is 1.69. The Bertz CT molecular complexity index is 420. The van der Waals surface area contributed by atoms with Crippen molar-refractivity contribution in [3.05, 3.63) is 0 Å². The Morgan fingerprint density at radius 3 is 2.58 bits per heavy atom. The number of ether oxygens (including phenoxy) is 3. The molecule has 0 aromatic carbocycles. The molecule has 0 aromatic heterocycles. The molecule has 3 aliphatic carbocycles. The lowest BCUT2D eigenvalue weighted by Gasteiger charge is -2.67.